The van der Waals surface area contributed by atoms with Crippen molar-refractivity contribution in [3.8, 4) is 11.8 Å². The smallest absolute Gasteiger partial charge is 0.378 e. The normalized spacial score (nSPS) is 25.9. The summed E-state index contributed by atoms with van der Waals surface area (Å²) in [6.07, 6.45) is -4.15. The number of ether oxygens (including phenoxy) is 1. The standard InChI is InChI=1S/C16H16N3O8PS/c17-7-9-1-3-10(4-2-9)26-28(24,29)27-14-11(8-20)25-15(13(14)22)19-6-5-12(21)18-16(19)23/h1-6,11,13-15,20,22H,8H2,(H,24,29)(H,18,21,23)/t11-,13-,14-,15-,28?/m1/s1. The molecule has 2 aromatic rings. The Morgan fingerprint density at radius 3 is 2.59 bits per heavy atom. The average Bonchev–Trinajstić information content (AvgIpc) is 2.97. The zero-order chi connectivity index (χ0) is 21.2. The van der Waals surface area contributed by atoms with E-state index in [1.165, 1.54) is 24.3 Å². The van der Waals surface area contributed by atoms with Crippen molar-refractivity contribution in [1.82, 2.24) is 9.55 Å². The predicted octanol–water partition coefficient (Wildman–Crippen LogP) is -0.660. The summed E-state index contributed by atoms with van der Waals surface area (Å²) in [5.74, 6) is 0.136. The Hall–Kier alpha value is -2.36. The molecule has 1 aliphatic heterocycles. The van der Waals surface area contributed by atoms with Crippen LogP contribution in [0.1, 0.15) is 11.8 Å². The third-order valence-electron chi connectivity index (χ3n) is 4.07. The van der Waals surface area contributed by atoms with Crippen LogP contribution >= 0.6 is 6.72 Å². The van der Waals surface area contributed by atoms with Crippen LogP contribution in [0.5, 0.6) is 5.75 Å². The zero-order valence-electron chi connectivity index (χ0n) is 14.6. The van der Waals surface area contributed by atoms with Gasteiger partial charge in [-0.3, -0.25) is 18.9 Å². The second kappa shape index (κ2) is 8.56. The summed E-state index contributed by atoms with van der Waals surface area (Å²) in [5, 5.41) is 28.9. The highest BCUT2D eigenvalue weighted by atomic mass is 32.5. The minimum atomic E-state index is -3.96. The number of aromatic amines is 1. The number of benzene rings is 1. The first-order chi connectivity index (χ1) is 13.7. The highest BCUT2D eigenvalue weighted by Crippen LogP contribution is 2.48. The first-order valence-electron chi connectivity index (χ1n) is 8.21. The van der Waals surface area contributed by atoms with Crippen molar-refractivity contribution in [3.63, 3.8) is 0 Å². The number of hydrogen-bond donors (Lipinski definition) is 4. The monoisotopic (exact) mass is 441 g/mol. The van der Waals surface area contributed by atoms with Crippen molar-refractivity contribution in [2.75, 3.05) is 6.61 Å². The molecule has 13 heteroatoms. The molecule has 5 atom stereocenters. The molecular formula is C16H16N3O8PS. The largest absolute Gasteiger partial charge is 0.424 e. The Balaban J connectivity index is 1.79. The van der Waals surface area contributed by atoms with Crippen LogP contribution < -0.4 is 15.8 Å². The van der Waals surface area contributed by atoms with Crippen LogP contribution in [-0.2, 0) is 21.1 Å². The van der Waals surface area contributed by atoms with Crippen molar-refractivity contribution in [2.45, 2.75) is 24.5 Å². The molecule has 4 N–H and O–H groups in total. The Bertz CT molecular complexity index is 1080. The van der Waals surface area contributed by atoms with E-state index >= 15 is 0 Å². The maximum atomic E-state index is 12.0. The molecule has 154 valence electrons. The van der Waals surface area contributed by atoms with Crippen molar-refractivity contribution >= 4 is 18.5 Å². The van der Waals surface area contributed by atoms with Gasteiger partial charge in [0.1, 0.15) is 24.1 Å². The van der Waals surface area contributed by atoms with E-state index in [9.17, 15) is 24.7 Å². The van der Waals surface area contributed by atoms with E-state index in [4.69, 9.17) is 30.9 Å². The summed E-state index contributed by atoms with van der Waals surface area (Å²) >= 11 is 4.97. The van der Waals surface area contributed by atoms with Crippen LogP contribution in [0.2, 0.25) is 0 Å². The topological polar surface area (TPSA) is 167 Å². The summed E-state index contributed by atoms with van der Waals surface area (Å²) in [4.78, 5) is 35.6. The van der Waals surface area contributed by atoms with Gasteiger partial charge >= 0.3 is 12.4 Å². The van der Waals surface area contributed by atoms with Crippen LogP contribution in [0, 0.1) is 11.3 Å². The summed E-state index contributed by atoms with van der Waals surface area (Å²) in [6, 6.07) is 8.71. The molecule has 11 nitrogen and oxygen atoms in total. The van der Waals surface area contributed by atoms with Crippen LogP contribution in [0.25, 0.3) is 0 Å². The van der Waals surface area contributed by atoms with Crippen molar-refractivity contribution in [1.29, 1.82) is 5.26 Å². The van der Waals surface area contributed by atoms with Gasteiger partial charge < -0.3 is 24.4 Å². The van der Waals surface area contributed by atoms with Gasteiger partial charge in [0.05, 0.1) is 18.2 Å². The summed E-state index contributed by atoms with van der Waals surface area (Å²) in [5.41, 5.74) is -1.10. The van der Waals surface area contributed by atoms with E-state index in [0.29, 0.717) is 5.56 Å². The lowest BCUT2D eigenvalue weighted by Crippen LogP contribution is -2.38. The number of aliphatic hydroxyl groups is 2. The molecule has 1 aliphatic rings. The van der Waals surface area contributed by atoms with E-state index in [0.717, 1.165) is 16.8 Å². The summed E-state index contributed by atoms with van der Waals surface area (Å²) in [7, 11) is 0. The fourth-order valence-corrected chi connectivity index (χ4v) is 4.31. The molecule has 0 radical (unpaired) electrons. The highest BCUT2D eigenvalue weighted by molar-refractivity contribution is 8.07. The summed E-state index contributed by atoms with van der Waals surface area (Å²) < 4.78 is 17.0. The second-order valence-corrected chi connectivity index (χ2v) is 8.74. The lowest BCUT2D eigenvalue weighted by Gasteiger charge is -2.25. The van der Waals surface area contributed by atoms with Crippen LogP contribution in [0.4, 0.5) is 0 Å². The zero-order valence-corrected chi connectivity index (χ0v) is 16.3. The lowest BCUT2D eigenvalue weighted by molar-refractivity contribution is -0.0546. The van der Waals surface area contributed by atoms with E-state index in [-0.39, 0.29) is 5.75 Å². The molecule has 2 heterocycles. The van der Waals surface area contributed by atoms with Gasteiger partial charge in [-0.05, 0) is 24.3 Å². The first-order valence-corrected chi connectivity index (χ1v) is 10.8. The van der Waals surface area contributed by atoms with E-state index in [1.807, 2.05) is 11.1 Å². The molecule has 0 saturated carbocycles. The van der Waals surface area contributed by atoms with Gasteiger partial charge in [0.15, 0.2) is 6.23 Å². The molecule has 0 amide bonds. The van der Waals surface area contributed by atoms with Gasteiger partial charge in [0.25, 0.3) is 5.56 Å². The van der Waals surface area contributed by atoms with Gasteiger partial charge in [-0.2, -0.15) is 5.26 Å². The Labute approximate surface area is 168 Å². The molecule has 1 fully saturated rings. The van der Waals surface area contributed by atoms with Crippen LogP contribution in [-0.4, -0.2) is 49.6 Å². The number of aromatic nitrogens is 2. The molecule has 0 aliphatic carbocycles. The Kier molecular flexibility index (Phi) is 6.30. The van der Waals surface area contributed by atoms with Crippen molar-refractivity contribution in [2.24, 2.45) is 0 Å². The Morgan fingerprint density at radius 1 is 1.31 bits per heavy atom. The average molecular weight is 441 g/mol. The predicted molar refractivity (Wildman–Crippen MR) is 101 cm³/mol. The lowest BCUT2D eigenvalue weighted by atomic mass is 10.1. The summed E-state index contributed by atoms with van der Waals surface area (Å²) in [6.45, 7) is -4.57. The SMILES string of the molecule is N#Cc1ccc(OP(O)(=S)O[C@H]2[C@@H](O)[C@H](n3ccc(=O)[nH]c3=O)O[C@@H]2CO)cc1. The molecular weight excluding hydrogens is 425 g/mol. The molecule has 1 saturated heterocycles. The molecule has 29 heavy (non-hydrogen) atoms. The third kappa shape index (κ3) is 4.80. The van der Waals surface area contributed by atoms with Crippen LogP contribution in [0.15, 0.2) is 46.1 Å². The molecule has 0 spiro atoms. The molecule has 0 bridgehead atoms. The third-order valence-corrected chi connectivity index (χ3v) is 5.51. The van der Waals surface area contributed by atoms with E-state index < -0.39 is 49.1 Å². The highest BCUT2D eigenvalue weighted by Gasteiger charge is 2.48. The fraction of sp³-hybridized carbons (Fsp3) is 0.312. The van der Waals surface area contributed by atoms with Gasteiger partial charge in [-0.15, -0.1) is 0 Å². The number of nitrogens with one attached hydrogen (secondary N) is 1. The van der Waals surface area contributed by atoms with Gasteiger partial charge in [-0.25, -0.2) is 4.79 Å². The van der Waals surface area contributed by atoms with E-state index in [1.54, 1.807) is 0 Å². The Morgan fingerprint density at radius 2 is 2.00 bits per heavy atom. The fourth-order valence-electron chi connectivity index (χ4n) is 2.75. The van der Waals surface area contributed by atoms with Gasteiger partial charge in [0, 0.05) is 24.1 Å². The molecule has 1 aromatic carbocycles. The van der Waals surface area contributed by atoms with Gasteiger partial charge in [-0.1, -0.05) is 0 Å². The van der Waals surface area contributed by atoms with Crippen LogP contribution in [0.3, 0.4) is 0 Å². The maximum absolute atomic E-state index is 12.0. The van der Waals surface area contributed by atoms with Gasteiger partial charge in [0.2, 0.25) is 0 Å². The molecule has 1 unspecified atom stereocenters. The molecule has 1 aromatic heterocycles. The minimum absolute atomic E-state index is 0.136. The quantitative estimate of drug-likeness (QED) is 0.423. The maximum Gasteiger partial charge on any atom is 0.378 e. The van der Waals surface area contributed by atoms with Crippen molar-refractivity contribution < 1.29 is 28.9 Å². The number of hydrogen-bond acceptors (Lipinski definition) is 9. The number of nitriles is 1. The molecule has 3 rings (SSSR count). The number of rotatable bonds is 6. The number of nitrogens with zero attached hydrogens (tertiary/aromatic N) is 2. The number of H-pyrrole nitrogens is 1. The first kappa shape index (κ1) is 21.4. The van der Waals surface area contributed by atoms with E-state index in [2.05, 4.69) is 0 Å². The number of aliphatic hydroxyl groups excluding tert-OH is 2. The van der Waals surface area contributed by atoms with Crippen molar-refractivity contribution in [3.05, 3.63) is 62.9 Å². The minimum Gasteiger partial charge on any atom is -0.424 e. The second-order valence-electron chi connectivity index (χ2n) is 6.02.